The van der Waals surface area contributed by atoms with Crippen LogP contribution in [0.4, 0.5) is 5.82 Å². The molecule has 138 valence electrons. The summed E-state index contributed by atoms with van der Waals surface area (Å²) in [6, 6.07) is 0.787. The van der Waals surface area contributed by atoms with Crippen LogP contribution in [0.1, 0.15) is 70.2 Å². The van der Waals surface area contributed by atoms with Crippen molar-refractivity contribution in [2.24, 2.45) is 0 Å². The third-order valence-electron chi connectivity index (χ3n) is 5.51. The third kappa shape index (κ3) is 4.51. The van der Waals surface area contributed by atoms with Gasteiger partial charge in [-0.05, 0) is 64.1 Å². The number of anilines is 1. The lowest BCUT2D eigenvalue weighted by atomic mass is 10.1. The number of fused-ring (bicyclic) bond motifs is 1. The number of nitrogen functional groups attached to an aromatic ring is 1. The van der Waals surface area contributed by atoms with Gasteiger partial charge in [0, 0.05) is 18.7 Å². The Labute approximate surface area is 151 Å². The molecule has 5 heteroatoms. The van der Waals surface area contributed by atoms with Gasteiger partial charge in [0.1, 0.15) is 11.3 Å². The van der Waals surface area contributed by atoms with Crippen LogP contribution in [0.15, 0.2) is 6.20 Å². The normalized spacial score (nSPS) is 18.4. The number of hydrogen-bond donors (Lipinski definition) is 2. The molecule has 0 aliphatic carbocycles. The van der Waals surface area contributed by atoms with E-state index in [1.165, 1.54) is 50.8 Å². The van der Waals surface area contributed by atoms with E-state index in [0.29, 0.717) is 5.82 Å². The van der Waals surface area contributed by atoms with Crippen molar-refractivity contribution in [2.75, 3.05) is 18.8 Å². The topological polar surface area (TPSA) is 70.8 Å². The van der Waals surface area contributed by atoms with E-state index in [2.05, 4.69) is 34.9 Å². The molecule has 1 unspecified atom stereocenters. The quantitative estimate of drug-likeness (QED) is 0.673. The first-order valence-electron chi connectivity index (χ1n) is 10.1. The van der Waals surface area contributed by atoms with Crippen LogP contribution in [0, 0.1) is 0 Å². The largest absolute Gasteiger partial charge is 0.382 e. The lowest BCUT2D eigenvalue weighted by Gasteiger charge is -2.20. The molecule has 0 radical (unpaired) electrons. The van der Waals surface area contributed by atoms with Gasteiger partial charge >= 0.3 is 0 Å². The summed E-state index contributed by atoms with van der Waals surface area (Å²) < 4.78 is 0. The highest BCUT2D eigenvalue weighted by atomic mass is 15.2. The molecule has 0 amide bonds. The zero-order chi connectivity index (χ0) is 17.6. The Hall–Kier alpha value is -1.62. The van der Waals surface area contributed by atoms with Gasteiger partial charge in [-0.3, -0.25) is 0 Å². The number of aromatic amines is 1. The Kier molecular flexibility index (Phi) is 6.29. The van der Waals surface area contributed by atoms with Crippen molar-refractivity contribution in [3.8, 4) is 0 Å². The summed E-state index contributed by atoms with van der Waals surface area (Å²) in [7, 11) is 0. The fraction of sp³-hybridized carbons (Fsp3) is 0.700. The molecular formula is C20H33N5. The van der Waals surface area contributed by atoms with Crippen molar-refractivity contribution in [2.45, 2.75) is 77.7 Å². The summed E-state index contributed by atoms with van der Waals surface area (Å²) in [5, 5.41) is 0. The minimum Gasteiger partial charge on any atom is -0.382 e. The molecule has 1 saturated heterocycles. The van der Waals surface area contributed by atoms with E-state index in [1.54, 1.807) is 0 Å². The SMILES string of the molecule is CCCCc1nc(N)c2[nH]cc(CCCCCN3CCCC3C)c2n1. The summed E-state index contributed by atoms with van der Waals surface area (Å²) in [5.74, 6) is 1.47. The van der Waals surface area contributed by atoms with Gasteiger partial charge in [0.05, 0.1) is 5.52 Å². The number of unbranched alkanes of at least 4 members (excludes halogenated alkanes) is 3. The lowest BCUT2D eigenvalue weighted by Crippen LogP contribution is -2.27. The number of hydrogen-bond acceptors (Lipinski definition) is 4. The maximum Gasteiger partial charge on any atom is 0.151 e. The predicted molar refractivity (Wildman–Crippen MR) is 105 cm³/mol. The van der Waals surface area contributed by atoms with Crippen molar-refractivity contribution < 1.29 is 0 Å². The van der Waals surface area contributed by atoms with Crippen molar-refractivity contribution in [3.05, 3.63) is 17.6 Å². The molecule has 0 bridgehead atoms. The number of nitrogens with one attached hydrogen (secondary N) is 1. The van der Waals surface area contributed by atoms with E-state index in [1.807, 2.05) is 0 Å². The Bertz CT molecular complexity index is 678. The zero-order valence-electron chi connectivity index (χ0n) is 15.9. The van der Waals surface area contributed by atoms with Crippen LogP contribution in [-0.2, 0) is 12.8 Å². The molecule has 1 aliphatic rings. The van der Waals surface area contributed by atoms with E-state index in [0.717, 1.165) is 48.6 Å². The highest BCUT2D eigenvalue weighted by Gasteiger charge is 2.19. The average molecular weight is 344 g/mol. The highest BCUT2D eigenvalue weighted by Crippen LogP contribution is 2.23. The summed E-state index contributed by atoms with van der Waals surface area (Å²) in [5.41, 5.74) is 9.34. The third-order valence-corrected chi connectivity index (χ3v) is 5.51. The number of aromatic nitrogens is 3. The Morgan fingerprint density at radius 2 is 2.08 bits per heavy atom. The lowest BCUT2D eigenvalue weighted by molar-refractivity contribution is 0.262. The first-order chi connectivity index (χ1) is 12.2. The van der Waals surface area contributed by atoms with Crippen LogP contribution < -0.4 is 5.73 Å². The molecule has 1 fully saturated rings. The second kappa shape index (κ2) is 8.65. The fourth-order valence-corrected chi connectivity index (χ4v) is 3.90. The number of aryl methyl sites for hydroxylation is 2. The molecule has 0 saturated carbocycles. The van der Waals surface area contributed by atoms with E-state index in [-0.39, 0.29) is 0 Å². The van der Waals surface area contributed by atoms with Gasteiger partial charge in [-0.15, -0.1) is 0 Å². The summed E-state index contributed by atoms with van der Waals surface area (Å²) in [6.07, 6.45) is 12.8. The van der Waals surface area contributed by atoms with Crippen molar-refractivity contribution >= 4 is 16.9 Å². The minimum absolute atomic E-state index is 0.588. The highest BCUT2D eigenvalue weighted by molar-refractivity contribution is 5.87. The van der Waals surface area contributed by atoms with Gasteiger partial charge in [0.15, 0.2) is 5.82 Å². The van der Waals surface area contributed by atoms with Crippen LogP contribution in [0.5, 0.6) is 0 Å². The summed E-state index contributed by atoms with van der Waals surface area (Å²) in [4.78, 5) is 15.1. The second-order valence-corrected chi connectivity index (χ2v) is 7.50. The molecule has 1 atom stereocenters. The van der Waals surface area contributed by atoms with E-state index in [9.17, 15) is 0 Å². The molecule has 3 rings (SSSR count). The number of nitrogens with zero attached hydrogens (tertiary/aromatic N) is 3. The van der Waals surface area contributed by atoms with Gasteiger partial charge in [-0.1, -0.05) is 19.8 Å². The van der Waals surface area contributed by atoms with Gasteiger partial charge in [-0.2, -0.15) is 0 Å². The summed E-state index contributed by atoms with van der Waals surface area (Å²) in [6.45, 7) is 7.09. The molecule has 25 heavy (non-hydrogen) atoms. The first-order valence-corrected chi connectivity index (χ1v) is 10.1. The molecule has 1 aliphatic heterocycles. The number of H-pyrrole nitrogens is 1. The smallest absolute Gasteiger partial charge is 0.151 e. The molecule has 0 spiro atoms. The van der Waals surface area contributed by atoms with Crippen LogP contribution in [0.2, 0.25) is 0 Å². The monoisotopic (exact) mass is 343 g/mol. The van der Waals surface area contributed by atoms with Crippen molar-refractivity contribution in [1.29, 1.82) is 0 Å². The van der Waals surface area contributed by atoms with Crippen molar-refractivity contribution in [3.63, 3.8) is 0 Å². The summed E-state index contributed by atoms with van der Waals surface area (Å²) >= 11 is 0. The molecule has 2 aromatic rings. The van der Waals surface area contributed by atoms with Crippen LogP contribution in [-0.4, -0.2) is 39.0 Å². The molecular weight excluding hydrogens is 310 g/mol. The predicted octanol–water partition coefficient (Wildman–Crippen LogP) is 4.08. The van der Waals surface area contributed by atoms with Gasteiger partial charge in [0.2, 0.25) is 0 Å². The van der Waals surface area contributed by atoms with Crippen LogP contribution in [0.3, 0.4) is 0 Å². The maximum atomic E-state index is 6.11. The first kappa shape index (κ1) is 18.2. The second-order valence-electron chi connectivity index (χ2n) is 7.50. The van der Waals surface area contributed by atoms with Crippen LogP contribution in [0.25, 0.3) is 11.0 Å². The van der Waals surface area contributed by atoms with Gasteiger partial charge in [-0.25, -0.2) is 9.97 Å². The maximum absolute atomic E-state index is 6.11. The minimum atomic E-state index is 0.588. The van der Waals surface area contributed by atoms with Crippen molar-refractivity contribution in [1.82, 2.24) is 19.9 Å². The van der Waals surface area contributed by atoms with E-state index < -0.39 is 0 Å². The van der Waals surface area contributed by atoms with Crippen LogP contribution >= 0.6 is 0 Å². The average Bonchev–Trinajstić information content (AvgIpc) is 3.19. The zero-order valence-corrected chi connectivity index (χ0v) is 15.9. The Balaban J connectivity index is 1.53. The van der Waals surface area contributed by atoms with E-state index in [4.69, 9.17) is 10.7 Å². The molecule has 5 nitrogen and oxygen atoms in total. The number of likely N-dealkylation sites (tertiary alicyclic amines) is 1. The van der Waals surface area contributed by atoms with Gasteiger partial charge < -0.3 is 15.6 Å². The molecule has 3 heterocycles. The van der Waals surface area contributed by atoms with Gasteiger partial charge in [0.25, 0.3) is 0 Å². The standard InChI is InChI=1S/C20H33N5/c1-3-4-11-17-23-18-16(14-22-19(18)20(21)24-17)10-6-5-7-12-25-13-8-9-15(25)2/h14-15,22H,3-13H2,1-2H3,(H2,21,23,24). The number of rotatable bonds is 9. The van der Waals surface area contributed by atoms with E-state index >= 15 is 0 Å². The molecule has 2 aromatic heterocycles. The molecule has 0 aromatic carbocycles. The number of nitrogens with two attached hydrogens (primary N) is 1. The fourth-order valence-electron chi connectivity index (χ4n) is 3.90. The Morgan fingerprint density at radius 3 is 2.84 bits per heavy atom. The Morgan fingerprint density at radius 1 is 1.20 bits per heavy atom. The molecule has 3 N–H and O–H groups in total.